The summed E-state index contributed by atoms with van der Waals surface area (Å²) in [4.78, 5) is 33.5. The van der Waals surface area contributed by atoms with E-state index in [9.17, 15) is 9.18 Å². The van der Waals surface area contributed by atoms with Crippen LogP contribution in [-0.4, -0.2) is 67.7 Å². The minimum atomic E-state index is -0.505. The normalized spacial score (nSPS) is 16.1. The van der Waals surface area contributed by atoms with Gasteiger partial charge in [-0.2, -0.15) is 0 Å². The van der Waals surface area contributed by atoms with E-state index in [0.29, 0.717) is 48.7 Å². The van der Waals surface area contributed by atoms with Gasteiger partial charge in [-0.1, -0.05) is 11.3 Å². The molecule has 5 heterocycles. The van der Waals surface area contributed by atoms with Gasteiger partial charge in [0.1, 0.15) is 29.4 Å². The fourth-order valence-corrected chi connectivity index (χ4v) is 4.23. The van der Waals surface area contributed by atoms with Gasteiger partial charge in [0.05, 0.1) is 42.3 Å². The molecular formula is C20H20FN9O2S. The van der Waals surface area contributed by atoms with E-state index in [1.165, 1.54) is 17.7 Å². The minimum absolute atomic E-state index is 0.0807. The van der Waals surface area contributed by atoms with E-state index in [-0.39, 0.29) is 17.6 Å². The van der Waals surface area contributed by atoms with Gasteiger partial charge < -0.3 is 25.3 Å². The summed E-state index contributed by atoms with van der Waals surface area (Å²) in [6.45, 7) is 2.67. The first-order chi connectivity index (χ1) is 16.2. The average molecular weight is 470 g/mol. The van der Waals surface area contributed by atoms with Crippen molar-refractivity contribution in [3.8, 4) is 10.6 Å². The largest absolute Gasteiger partial charge is 0.378 e. The number of imidazole rings is 1. The first-order valence-electron chi connectivity index (χ1n) is 10.3. The molecule has 1 fully saturated rings. The number of ether oxygens (including phenoxy) is 1. The summed E-state index contributed by atoms with van der Waals surface area (Å²) < 4.78 is 21.2. The Labute approximate surface area is 191 Å². The van der Waals surface area contributed by atoms with Crippen LogP contribution in [0.2, 0.25) is 0 Å². The molecule has 1 aliphatic rings. The van der Waals surface area contributed by atoms with Gasteiger partial charge >= 0.3 is 0 Å². The molecule has 1 amide bonds. The van der Waals surface area contributed by atoms with Gasteiger partial charge in [0, 0.05) is 31.9 Å². The number of hydrogen-bond donors (Lipinski definition) is 3. The number of morpholine rings is 1. The molecule has 4 aromatic rings. The monoisotopic (exact) mass is 469 g/mol. The van der Waals surface area contributed by atoms with E-state index in [4.69, 9.17) is 4.74 Å². The van der Waals surface area contributed by atoms with Gasteiger partial charge in [0.2, 0.25) is 5.91 Å². The Hall–Kier alpha value is -3.55. The van der Waals surface area contributed by atoms with Crippen molar-refractivity contribution in [3.05, 3.63) is 43.1 Å². The van der Waals surface area contributed by atoms with E-state index >= 15 is 0 Å². The smallest absolute Gasteiger partial charge is 0.239 e. The van der Waals surface area contributed by atoms with Crippen LogP contribution in [0.15, 0.2) is 37.3 Å². The third kappa shape index (κ3) is 4.79. The van der Waals surface area contributed by atoms with E-state index in [0.717, 1.165) is 17.2 Å². The molecule has 3 N–H and O–H groups in total. The molecule has 13 heteroatoms. The first kappa shape index (κ1) is 21.3. The number of halogens is 1. The second-order valence-electron chi connectivity index (χ2n) is 7.24. The van der Waals surface area contributed by atoms with Crippen LogP contribution in [-0.2, 0) is 16.1 Å². The molecule has 4 aromatic heterocycles. The van der Waals surface area contributed by atoms with E-state index < -0.39 is 5.82 Å². The third-order valence-corrected chi connectivity index (χ3v) is 5.96. The van der Waals surface area contributed by atoms with Gasteiger partial charge in [-0.05, 0) is 0 Å². The van der Waals surface area contributed by atoms with Crippen LogP contribution in [0, 0.1) is 5.82 Å². The van der Waals surface area contributed by atoms with Crippen LogP contribution < -0.4 is 16.0 Å². The van der Waals surface area contributed by atoms with Gasteiger partial charge in [0.25, 0.3) is 0 Å². The number of fused-ring (bicyclic) bond motifs is 1. The van der Waals surface area contributed by atoms with Crippen molar-refractivity contribution in [3.63, 3.8) is 0 Å². The van der Waals surface area contributed by atoms with Crippen molar-refractivity contribution in [2.45, 2.75) is 12.6 Å². The number of hydrogen-bond acceptors (Lipinski definition) is 10. The molecule has 1 aliphatic heterocycles. The number of amides is 1. The van der Waals surface area contributed by atoms with Gasteiger partial charge in [0.15, 0.2) is 10.9 Å². The van der Waals surface area contributed by atoms with E-state index in [2.05, 4.69) is 40.9 Å². The van der Waals surface area contributed by atoms with Gasteiger partial charge in [-0.25, -0.2) is 29.3 Å². The molecular weight excluding hydrogens is 449 g/mol. The molecule has 0 spiro atoms. The van der Waals surface area contributed by atoms with Crippen molar-refractivity contribution in [1.82, 2.24) is 40.1 Å². The minimum Gasteiger partial charge on any atom is -0.378 e. The molecule has 11 nitrogen and oxygen atoms in total. The van der Waals surface area contributed by atoms with Crippen molar-refractivity contribution in [2.24, 2.45) is 0 Å². The summed E-state index contributed by atoms with van der Waals surface area (Å²) in [6.07, 6.45) is 7.34. The summed E-state index contributed by atoms with van der Waals surface area (Å²) in [5, 5.41) is 9.74. The van der Waals surface area contributed by atoms with Crippen LogP contribution in [0.3, 0.4) is 0 Å². The number of nitrogens with one attached hydrogen (secondary N) is 3. The Kier molecular flexibility index (Phi) is 6.15. The van der Waals surface area contributed by atoms with Crippen LogP contribution in [0.4, 0.5) is 15.3 Å². The van der Waals surface area contributed by atoms with Crippen molar-refractivity contribution < 1.29 is 13.9 Å². The Morgan fingerprint density at radius 2 is 2.21 bits per heavy atom. The fraction of sp³-hybridized carbons (Fsp3) is 0.300. The van der Waals surface area contributed by atoms with Crippen LogP contribution in [0.1, 0.15) is 0 Å². The lowest BCUT2D eigenvalue weighted by Crippen LogP contribution is -2.51. The maximum Gasteiger partial charge on any atom is 0.239 e. The Bertz CT molecular complexity index is 1270. The molecule has 0 bridgehead atoms. The second kappa shape index (κ2) is 9.52. The number of rotatable bonds is 7. The molecule has 0 aliphatic carbocycles. The molecule has 0 aromatic carbocycles. The van der Waals surface area contributed by atoms with E-state index in [1.54, 1.807) is 18.7 Å². The Morgan fingerprint density at radius 3 is 3.06 bits per heavy atom. The maximum absolute atomic E-state index is 13.9. The number of thiazole rings is 1. The topological polar surface area (TPSA) is 132 Å². The molecule has 5 rings (SSSR count). The number of carbonyl (C=O) groups excluding carboxylic acids is 1. The molecule has 33 heavy (non-hydrogen) atoms. The summed E-state index contributed by atoms with van der Waals surface area (Å²) >= 11 is 1.26. The predicted octanol–water partition coefficient (Wildman–Crippen LogP) is 1.33. The Morgan fingerprint density at radius 1 is 1.27 bits per heavy atom. The van der Waals surface area contributed by atoms with Crippen molar-refractivity contribution in [1.29, 1.82) is 0 Å². The molecule has 1 saturated heterocycles. The molecule has 0 saturated carbocycles. The highest BCUT2D eigenvalue weighted by Gasteiger charge is 2.20. The quantitative estimate of drug-likeness (QED) is 0.367. The van der Waals surface area contributed by atoms with Gasteiger partial charge in [-0.3, -0.25) is 4.79 Å². The zero-order chi connectivity index (χ0) is 22.6. The first-order valence-corrected chi connectivity index (χ1v) is 11.1. The summed E-state index contributed by atoms with van der Waals surface area (Å²) in [5.41, 5.74) is 1.80. The molecule has 0 radical (unpaired) electrons. The third-order valence-electron chi connectivity index (χ3n) is 5.04. The highest BCUT2D eigenvalue weighted by atomic mass is 32.1. The lowest BCUT2D eigenvalue weighted by atomic mass is 10.2. The average Bonchev–Trinajstić information content (AvgIpc) is 3.47. The summed E-state index contributed by atoms with van der Waals surface area (Å²) in [7, 11) is 0. The fourth-order valence-electron chi connectivity index (χ4n) is 3.41. The van der Waals surface area contributed by atoms with Crippen LogP contribution in [0.25, 0.3) is 21.6 Å². The predicted molar refractivity (Wildman–Crippen MR) is 120 cm³/mol. The highest BCUT2D eigenvalue weighted by Crippen LogP contribution is 2.30. The molecule has 170 valence electrons. The number of anilines is 2. The summed E-state index contributed by atoms with van der Waals surface area (Å²) in [6, 6.07) is 1.53. The standard InChI is InChI=1S/C20H20FN9O2S/c21-12-6-22-10-27-18(12)16-8-26-20(33-16)29-17-5-15-13(7-25-17)28-11-30(15)3-1-24-19(31)14-9-32-4-2-23-14/h5-8,10-11,14,23H,1-4,9H2,(H,24,31)(H,25,26,29)/t14-/m0/s1. The highest BCUT2D eigenvalue weighted by molar-refractivity contribution is 7.18. The zero-order valence-electron chi connectivity index (χ0n) is 17.4. The number of pyridine rings is 1. The SMILES string of the molecule is O=C(NCCn1cnc2cnc(Nc3ncc(-c4ncncc4F)s3)cc21)[C@@H]1COCCN1. The molecule has 0 unspecified atom stereocenters. The Balaban J connectivity index is 1.25. The maximum atomic E-state index is 13.9. The second-order valence-corrected chi connectivity index (χ2v) is 8.27. The van der Waals surface area contributed by atoms with Crippen molar-refractivity contribution in [2.75, 3.05) is 31.6 Å². The number of nitrogens with zero attached hydrogens (tertiary/aromatic N) is 6. The van der Waals surface area contributed by atoms with Crippen LogP contribution in [0.5, 0.6) is 0 Å². The summed E-state index contributed by atoms with van der Waals surface area (Å²) in [5.74, 6) is -0.0150. The lowest BCUT2D eigenvalue weighted by molar-refractivity contribution is -0.125. The zero-order valence-corrected chi connectivity index (χ0v) is 18.2. The van der Waals surface area contributed by atoms with E-state index in [1.807, 2.05) is 10.6 Å². The van der Waals surface area contributed by atoms with Crippen molar-refractivity contribution >= 4 is 39.2 Å². The molecule has 1 atom stereocenters. The van der Waals surface area contributed by atoms with Gasteiger partial charge in [-0.15, -0.1) is 0 Å². The number of aromatic nitrogens is 6. The lowest BCUT2D eigenvalue weighted by Gasteiger charge is -2.22. The van der Waals surface area contributed by atoms with Crippen LogP contribution >= 0.6 is 11.3 Å². The number of carbonyl (C=O) groups is 1.